The fourth-order valence-corrected chi connectivity index (χ4v) is 3.93. The number of hydrogen-bond acceptors (Lipinski definition) is 3. The van der Waals surface area contributed by atoms with E-state index in [1.165, 1.54) is 23.3 Å². The van der Waals surface area contributed by atoms with Gasteiger partial charge in [0.25, 0.3) is 0 Å². The molecule has 2 aliphatic rings. The average molecular weight is 342 g/mol. The molecule has 0 radical (unpaired) electrons. The van der Waals surface area contributed by atoms with Crippen LogP contribution < -0.4 is 5.32 Å². The number of amides is 3. The Morgan fingerprint density at radius 1 is 1.08 bits per heavy atom. The third kappa shape index (κ3) is 4.68. The Labute approximate surface area is 148 Å². The van der Waals surface area contributed by atoms with Gasteiger partial charge in [0.15, 0.2) is 0 Å². The van der Waals surface area contributed by atoms with E-state index in [4.69, 9.17) is 0 Å². The van der Waals surface area contributed by atoms with Crippen LogP contribution in [0.25, 0.3) is 0 Å². The Kier molecular flexibility index (Phi) is 5.84. The summed E-state index contributed by atoms with van der Waals surface area (Å²) in [5.41, 5.74) is 1.23. The summed E-state index contributed by atoms with van der Waals surface area (Å²) in [7, 11) is 0. The highest BCUT2D eigenvalue weighted by Crippen LogP contribution is 2.29. The lowest BCUT2D eigenvalue weighted by Gasteiger charge is -2.25. The third-order valence-electron chi connectivity index (χ3n) is 5.33. The van der Waals surface area contributed by atoms with Crippen molar-refractivity contribution in [2.75, 3.05) is 6.54 Å². The Hall–Kier alpha value is -2.17. The quantitative estimate of drug-likeness (QED) is 0.774. The zero-order chi connectivity index (χ0) is 17.6. The van der Waals surface area contributed by atoms with Crippen molar-refractivity contribution in [3.63, 3.8) is 0 Å². The van der Waals surface area contributed by atoms with Crippen molar-refractivity contribution in [1.82, 2.24) is 10.2 Å². The van der Waals surface area contributed by atoms with E-state index in [0.717, 1.165) is 19.3 Å². The predicted octanol–water partition coefficient (Wildman–Crippen LogP) is 2.44. The fraction of sp³-hybridized carbons (Fsp3) is 0.550. The van der Waals surface area contributed by atoms with Gasteiger partial charge in [0, 0.05) is 31.8 Å². The van der Waals surface area contributed by atoms with Crippen LogP contribution in [0.5, 0.6) is 0 Å². The van der Waals surface area contributed by atoms with Gasteiger partial charge in [-0.1, -0.05) is 43.2 Å². The lowest BCUT2D eigenvalue weighted by molar-refractivity contribution is -0.138. The van der Waals surface area contributed by atoms with Crippen LogP contribution in [0.3, 0.4) is 0 Å². The molecule has 0 aromatic heterocycles. The molecule has 0 spiro atoms. The smallest absolute Gasteiger partial charge is 0.229 e. The number of imide groups is 1. The molecule has 134 valence electrons. The molecule has 1 aromatic carbocycles. The molecule has 1 aliphatic carbocycles. The first-order valence-electron chi connectivity index (χ1n) is 9.30. The van der Waals surface area contributed by atoms with Crippen LogP contribution in [0, 0.1) is 5.92 Å². The molecule has 1 unspecified atom stereocenters. The van der Waals surface area contributed by atoms with Crippen LogP contribution in [0.4, 0.5) is 0 Å². The topological polar surface area (TPSA) is 66.5 Å². The molecule has 25 heavy (non-hydrogen) atoms. The first-order chi connectivity index (χ1) is 12.1. The summed E-state index contributed by atoms with van der Waals surface area (Å²) in [6.45, 7) is 0.201. The second kappa shape index (κ2) is 8.28. The summed E-state index contributed by atoms with van der Waals surface area (Å²) < 4.78 is 0. The molecular formula is C20H26N2O3. The molecule has 5 heteroatoms. The van der Waals surface area contributed by atoms with Crippen molar-refractivity contribution in [2.24, 2.45) is 5.92 Å². The summed E-state index contributed by atoms with van der Waals surface area (Å²) in [6, 6.07) is 10.4. The van der Waals surface area contributed by atoms with Crippen molar-refractivity contribution >= 4 is 17.7 Å². The summed E-state index contributed by atoms with van der Waals surface area (Å²) in [4.78, 5) is 36.9. The molecule has 5 nitrogen and oxygen atoms in total. The van der Waals surface area contributed by atoms with Crippen molar-refractivity contribution in [3.8, 4) is 0 Å². The second-order valence-corrected chi connectivity index (χ2v) is 7.10. The fourth-order valence-electron chi connectivity index (χ4n) is 3.93. The standard InChI is InChI=1S/C20H26N2O3/c23-18(12-13-22-19(24)10-11-20(22)25)21-17(16-8-4-5-9-16)14-15-6-2-1-3-7-15/h1-3,6-7,16-17H,4-5,8-14H2,(H,21,23). The highest BCUT2D eigenvalue weighted by molar-refractivity contribution is 6.02. The predicted molar refractivity (Wildman–Crippen MR) is 94.6 cm³/mol. The molecule has 3 rings (SSSR count). The average Bonchev–Trinajstić information content (AvgIpc) is 3.24. The third-order valence-corrected chi connectivity index (χ3v) is 5.33. The van der Waals surface area contributed by atoms with Gasteiger partial charge >= 0.3 is 0 Å². The van der Waals surface area contributed by atoms with Crippen LogP contribution in [0.2, 0.25) is 0 Å². The van der Waals surface area contributed by atoms with Gasteiger partial charge in [0.2, 0.25) is 17.7 Å². The first kappa shape index (κ1) is 17.6. The maximum atomic E-state index is 12.4. The zero-order valence-corrected chi connectivity index (χ0v) is 14.6. The molecule has 1 heterocycles. The SMILES string of the molecule is O=C(CCN1C(=O)CCC1=O)NC(Cc1ccccc1)C1CCCC1. The lowest BCUT2D eigenvalue weighted by atomic mass is 9.92. The number of carbonyl (C=O) groups excluding carboxylic acids is 3. The first-order valence-corrected chi connectivity index (χ1v) is 9.30. The Morgan fingerprint density at radius 3 is 2.36 bits per heavy atom. The van der Waals surface area contributed by atoms with Crippen molar-refractivity contribution < 1.29 is 14.4 Å². The molecule has 1 N–H and O–H groups in total. The van der Waals surface area contributed by atoms with Gasteiger partial charge in [0.05, 0.1) is 0 Å². The van der Waals surface area contributed by atoms with Gasteiger partial charge in [-0.3, -0.25) is 19.3 Å². The lowest BCUT2D eigenvalue weighted by Crippen LogP contribution is -2.42. The summed E-state index contributed by atoms with van der Waals surface area (Å²) in [5, 5.41) is 3.17. The number of likely N-dealkylation sites (tertiary alicyclic amines) is 1. The molecule has 1 aliphatic heterocycles. The Morgan fingerprint density at radius 2 is 1.72 bits per heavy atom. The minimum atomic E-state index is -0.158. The number of benzene rings is 1. The largest absolute Gasteiger partial charge is 0.353 e. The van der Waals surface area contributed by atoms with Crippen molar-refractivity contribution in [3.05, 3.63) is 35.9 Å². The number of nitrogens with one attached hydrogen (secondary N) is 1. The summed E-state index contributed by atoms with van der Waals surface area (Å²) in [6.07, 6.45) is 6.33. The molecule has 1 saturated heterocycles. The van der Waals surface area contributed by atoms with Gasteiger partial charge in [-0.05, 0) is 30.7 Å². The van der Waals surface area contributed by atoms with Crippen LogP contribution in [0.1, 0.15) is 50.5 Å². The minimum Gasteiger partial charge on any atom is -0.353 e. The normalized spacial score (nSPS) is 19.4. The highest BCUT2D eigenvalue weighted by atomic mass is 16.2. The minimum absolute atomic E-state index is 0.0691. The van der Waals surface area contributed by atoms with E-state index in [1.807, 2.05) is 18.2 Å². The van der Waals surface area contributed by atoms with Gasteiger partial charge in [-0.15, -0.1) is 0 Å². The zero-order valence-electron chi connectivity index (χ0n) is 14.6. The monoisotopic (exact) mass is 342 g/mol. The maximum Gasteiger partial charge on any atom is 0.229 e. The second-order valence-electron chi connectivity index (χ2n) is 7.10. The molecule has 1 atom stereocenters. The van der Waals surface area contributed by atoms with E-state index < -0.39 is 0 Å². The number of rotatable bonds is 7. The van der Waals surface area contributed by atoms with Gasteiger partial charge in [-0.2, -0.15) is 0 Å². The van der Waals surface area contributed by atoms with E-state index in [0.29, 0.717) is 5.92 Å². The molecule has 2 fully saturated rings. The summed E-state index contributed by atoms with van der Waals surface area (Å²) in [5.74, 6) is 0.128. The van der Waals surface area contributed by atoms with Crippen LogP contribution in [-0.2, 0) is 20.8 Å². The van der Waals surface area contributed by atoms with E-state index in [2.05, 4.69) is 17.4 Å². The van der Waals surface area contributed by atoms with Crippen LogP contribution in [-0.4, -0.2) is 35.2 Å². The van der Waals surface area contributed by atoms with E-state index in [9.17, 15) is 14.4 Å². The van der Waals surface area contributed by atoms with Crippen molar-refractivity contribution in [1.29, 1.82) is 0 Å². The molecule has 0 bridgehead atoms. The van der Waals surface area contributed by atoms with E-state index in [-0.39, 0.29) is 49.6 Å². The van der Waals surface area contributed by atoms with Crippen LogP contribution >= 0.6 is 0 Å². The Bertz CT molecular complexity index is 607. The maximum absolute atomic E-state index is 12.4. The van der Waals surface area contributed by atoms with Gasteiger partial charge < -0.3 is 5.32 Å². The van der Waals surface area contributed by atoms with Gasteiger partial charge in [-0.25, -0.2) is 0 Å². The highest BCUT2D eigenvalue weighted by Gasteiger charge is 2.30. The van der Waals surface area contributed by atoms with Crippen LogP contribution in [0.15, 0.2) is 30.3 Å². The molecule has 1 aromatic rings. The van der Waals surface area contributed by atoms with E-state index in [1.54, 1.807) is 0 Å². The number of carbonyl (C=O) groups is 3. The molecular weight excluding hydrogens is 316 g/mol. The summed E-state index contributed by atoms with van der Waals surface area (Å²) >= 11 is 0. The van der Waals surface area contributed by atoms with Gasteiger partial charge in [0.1, 0.15) is 0 Å². The number of hydrogen-bond donors (Lipinski definition) is 1. The van der Waals surface area contributed by atoms with Crippen molar-refractivity contribution in [2.45, 2.75) is 57.4 Å². The Balaban J connectivity index is 1.56. The number of nitrogens with zero attached hydrogens (tertiary/aromatic N) is 1. The van der Waals surface area contributed by atoms with E-state index >= 15 is 0 Å². The molecule has 1 saturated carbocycles. The molecule has 3 amide bonds.